The molecule has 176 valence electrons. The molecule has 2 heterocycles. The van der Waals surface area contributed by atoms with Crippen LogP contribution in [0.1, 0.15) is 39.6 Å². The highest BCUT2D eigenvalue weighted by Crippen LogP contribution is 2.26. The largest absolute Gasteiger partial charge is 0.355 e. The lowest BCUT2D eigenvalue weighted by molar-refractivity contribution is -0.121. The normalized spacial score (nSPS) is 13.6. The van der Waals surface area contributed by atoms with Crippen molar-refractivity contribution < 1.29 is 9.59 Å². The van der Waals surface area contributed by atoms with Gasteiger partial charge in [-0.2, -0.15) is 0 Å². The molecule has 7 heteroatoms. The average molecular weight is 467 g/mol. The van der Waals surface area contributed by atoms with Gasteiger partial charge in [0.1, 0.15) is 5.82 Å². The minimum absolute atomic E-state index is 0.0270. The van der Waals surface area contributed by atoms with Crippen molar-refractivity contribution in [3.05, 3.63) is 112 Å². The third kappa shape index (κ3) is 4.99. The Morgan fingerprint density at radius 1 is 0.971 bits per heavy atom. The standard InChI is InChI=1S/C28H26N4O3/c33-26(15-14-25-30-24-13-7-6-12-23(24)27(34)31-25)29-16-21(19-8-2-1-3-9-19)18-32-17-20-10-4-5-11-22(20)28(32)35/h1-13,21H,14-18H2,(H,29,33)(H,30,31,34)/t21-/m0/s1. The number of benzene rings is 3. The third-order valence-corrected chi connectivity index (χ3v) is 6.40. The Morgan fingerprint density at radius 2 is 1.71 bits per heavy atom. The van der Waals surface area contributed by atoms with Gasteiger partial charge in [-0.15, -0.1) is 0 Å². The number of rotatable bonds is 8. The highest BCUT2D eigenvalue weighted by molar-refractivity contribution is 5.98. The van der Waals surface area contributed by atoms with E-state index >= 15 is 0 Å². The quantitative estimate of drug-likeness (QED) is 0.416. The highest BCUT2D eigenvalue weighted by atomic mass is 16.2. The zero-order chi connectivity index (χ0) is 24.2. The van der Waals surface area contributed by atoms with Gasteiger partial charge in [0.2, 0.25) is 5.91 Å². The number of aromatic amines is 1. The van der Waals surface area contributed by atoms with Crippen LogP contribution in [0.3, 0.4) is 0 Å². The van der Waals surface area contributed by atoms with Crippen molar-refractivity contribution in [3.63, 3.8) is 0 Å². The Bertz CT molecular complexity index is 1430. The molecule has 0 fully saturated rings. The van der Waals surface area contributed by atoms with Crippen molar-refractivity contribution in [2.75, 3.05) is 13.1 Å². The van der Waals surface area contributed by atoms with E-state index < -0.39 is 0 Å². The second kappa shape index (κ2) is 9.93. The van der Waals surface area contributed by atoms with Gasteiger partial charge in [-0.1, -0.05) is 60.7 Å². The van der Waals surface area contributed by atoms with Crippen LogP contribution >= 0.6 is 0 Å². The summed E-state index contributed by atoms with van der Waals surface area (Å²) in [7, 11) is 0. The van der Waals surface area contributed by atoms with Crippen molar-refractivity contribution in [1.82, 2.24) is 20.2 Å². The lowest BCUT2D eigenvalue weighted by Gasteiger charge is -2.24. The Kier molecular flexibility index (Phi) is 6.39. The molecule has 0 unspecified atom stereocenters. The molecule has 0 radical (unpaired) electrons. The summed E-state index contributed by atoms with van der Waals surface area (Å²) in [4.78, 5) is 46.9. The van der Waals surface area contributed by atoms with E-state index in [1.807, 2.05) is 65.6 Å². The lowest BCUT2D eigenvalue weighted by Crippen LogP contribution is -2.36. The fourth-order valence-electron chi connectivity index (χ4n) is 4.55. The van der Waals surface area contributed by atoms with Gasteiger partial charge in [-0.05, 0) is 29.3 Å². The maximum atomic E-state index is 12.9. The molecule has 3 aromatic carbocycles. The number of aromatic nitrogens is 2. The molecule has 35 heavy (non-hydrogen) atoms. The Balaban J connectivity index is 1.23. The van der Waals surface area contributed by atoms with E-state index in [1.54, 1.807) is 18.2 Å². The molecule has 7 nitrogen and oxygen atoms in total. The summed E-state index contributed by atoms with van der Waals surface area (Å²) < 4.78 is 0. The van der Waals surface area contributed by atoms with E-state index in [9.17, 15) is 14.4 Å². The summed E-state index contributed by atoms with van der Waals surface area (Å²) in [6.07, 6.45) is 0.540. The number of carbonyl (C=O) groups is 2. The van der Waals surface area contributed by atoms with Gasteiger partial charge in [0.15, 0.2) is 0 Å². The summed E-state index contributed by atoms with van der Waals surface area (Å²) in [5.41, 5.74) is 3.26. The molecule has 0 saturated heterocycles. The maximum Gasteiger partial charge on any atom is 0.258 e. The van der Waals surface area contributed by atoms with Crippen LogP contribution < -0.4 is 10.9 Å². The van der Waals surface area contributed by atoms with Crippen LogP contribution in [0.2, 0.25) is 0 Å². The van der Waals surface area contributed by atoms with Crippen LogP contribution in [0, 0.1) is 0 Å². The molecule has 0 saturated carbocycles. The molecule has 1 aliphatic heterocycles. The SMILES string of the molecule is O=C(CCc1nc2ccccc2c(=O)[nH]1)NC[C@@H](CN1Cc2ccccc2C1=O)c1ccccc1. The van der Waals surface area contributed by atoms with Gasteiger partial charge in [0.25, 0.3) is 11.5 Å². The number of aryl methyl sites for hydroxylation is 1. The minimum atomic E-state index is -0.202. The van der Waals surface area contributed by atoms with Crippen LogP contribution in [0.15, 0.2) is 83.7 Å². The summed E-state index contributed by atoms with van der Waals surface area (Å²) >= 11 is 0. The molecular formula is C28H26N4O3. The average Bonchev–Trinajstić information content (AvgIpc) is 3.21. The first-order valence-corrected chi connectivity index (χ1v) is 11.8. The zero-order valence-corrected chi connectivity index (χ0v) is 19.2. The molecule has 1 atom stereocenters. The van der Waals surface area contributed by atoms with Gasteiger partial charge in [0.05, 0.1) is 10.9 Å². The number of amides is 2. The predicted octanol–water partition coefficient (Wildman–Crippen LogP) is 3.41. The summed E-state index contributed by atoms with van der Waals surface area (Å²) in [6.45, 7) is 1.50. The van der Waals surface area contributed by atoms with E-state index in [2.05, 4.69) is 15.3 Å². The van der Waals surface area contributed by atoms with Crippen molar-refractivity contribution in [1.29, 1.82) is 0 Å². The molecular weight excluding hydrogens is 440 g/mol. The number of para-hydroxylation sites is 1. The Morgan fingerprint density at radius 3 is 2.54 bits per heavy atom. The lowest BCUT2D eigenvalue weighted by atomic mass is 9.98. The Labute approximate surface area is 202 Å². The monoisotopic (exact) mass is 466 g/mol. The first-order chi connectivity index (χ1) is 17.1. The number of nitrogens with zero attached hydrogens (tertiary/aromatic N) is 2. The van der Waals surface area contributed by atoms with Crippen LogP contribution in [0.4, 0.5) is 0 Å². The van der Waals surface area contributed by atoms with E-state index in [4.69, 9.17) is 0 Å². The predicted molar refractivity (Wildman–Crippen MR) is 134 cm³/mol. The minimum Gasteiger partial charge on any atom is -0.355 e. The van der Waals surface area contributed by atoms with Crippen molar-refractivity contribution in [2.45, 2.75) is 25.3 Å². The van der Waals surface area contributed by atoms with Crippen molar-refractivity contribution >= 4 is 22.7 Å². The van der Waals surface area contributed by atoms with Crippen LogP contribution in [0.5, 0.6) is 0 Å². The zero-order valence-electron chi connectivity index (χ0n) is 19.2. The second-order valence-corrected chi connectivity index (χ2v) is 8.78. The van der Waals surface area contributed by atoms with E-state index in [1.165, 1.54) is 0 Å². The number of fused-ring (bicyclic) bond motifs is 2. The first kappa shape index (κ1) is 22.5. The number of hydrogen-bond acceptors (Lipinski definition) is 4. The van der Waals surface area contributed by atoms with E-state index in [-0.39, 0.29) is 29.7 Å². The first-order valence-electron chi connectivity index (χ1n) is 11.8. The molecule has 0 spiro atoms. The second-order valence-electron chi connectivity index (χ2n) is 8.78. The molecule has 2 N–H and O–H groups in total. The van der Waals surface area contributed by atoms with Gasteiger partial charge in [-0.3, -0.25) is 14.4 Å². The summed E-state index contributed by atoms with van der Waals surface area (Å²) in [5, 5.41) is 3.55. The number of H-pyrrole nitrogens is 1. The number of carbonyl (C=O) groups excluding carboxylic acids is 2. The van der Waals surface area contributed by atoms with Crippen molar-refractivity contribution in [3.8, 4) is 0 Å². The maximum absolute atomic E-state index is 12.9. The highest BCUT2D eigenvalue weighted by Gasteiger charge is 2.29. The van der Waals surface area contributed by atoms with Gasteiger partial charge in [-0.25, -0.2) is 4.98 Å². The molecule has 1 aromatic heterocycles. The van der Waals surface area contributed by atoms with Gasteiger partial charge in [0, 0.05) is 44.0 Å². The molecule has 4 aromatic rings. The fraction of sp³-hybridized carbons (Fsp3) is 0.214. The van der Waals surface area contributed by atoms with Crippen LogP contribution in [0.25, 0.3) is 10.9 Å². The third-order valence-electron chi connectivity index (χ3n) is 6.40. The molecule has 0 aliphatic carbocycles. The number of nitrogens with one attached hydrogen (secondary N) is 2. The fourth-order valence-corrected chi connectivity index (χ4v) is 4.55. The molecule has 0 bridgehead atoms. The van der Waals surface area contributed by atoms with Gasteiger partial charge < -0.3 is 15.2 Å². The van der Waals surface area contributed by atoms with Crippen LogP contribution in [-0.2, 0) is 17.8 Å². The van der Waals surface area contributed by atoms with E-state index in [0.29, 0.717) is 42.8 Å². The summed E-state index contributed by atoms with van der Waals surface area (Å²) in [6, 6.07) is 24.7. The van der Waals surface area contributed by atoms with Crippen LogP contribution in [-0.4, -0.2) is 39.8 Å². The summed E-state index contributed by atoms with van der Waals surface area (Å²) in [5.74, 6) is 0.345. The van der Waals surface area contributed by atoms with Gasteiger partial charge >= 0.3 is 0 Å². The topological polar surface area (TPSA) is 95.2 Å². The van der Waals surface area contributed by atoms with E-state index in [0.717, 1.165) is 16.7 Å². The Hall–Kier alpha value is -4.26. The smallest absolute Gasteiger partial charge is 0.258 e. The number of hydrogen-bond donors (Lipinski definition) is 2. The molecule has 5 rings (SSSR count). The van der Waals surface area contributed by atoms with Crippen molar-refractivity contribution in [2.24, 2.45) is 0 Å². The molecule has 2 amide bonds. The molecule has 1 aliphatic rings.